The number of benzene rings is 1. The number of hydrogen-bond acceptors (Lipinski definition) is 8. The summed E-state index contributed by atoms with van der Waals surface area (Å²) in [5.74, 6) is 0.865. The summed E-state index contributed by atoms with van der Waals surface area (Å²) in [4.78, 5) is 33.3. The van der Waals surface area contributed by atoms with Crippen LogP contribution in [0.5, 0.6) is 5.75 Å². The molecule has 1 heterocycles. The minimum absolute atomic E-state index is 0.0791. The van der Waals surface area contributed by atoms with Crippen molar-refractivity contribution in [2.45, 2.75) is 64.9 Å². The second-order valence-electron chi connectivity index (χ2n) is 10.2. The number of halogens is 1. The second-order valence-corrected chi connectivity index (χ2v) is 10.6. The van der Waals surface area contributed by atoms with E-state index in [9.17, 15) is 9.59 Å². The quantitative estimate of drug-likeness (QED) is 0.0367. The minimum atomic E-state index is -1.02. The number of unbranched alkanes of at least 4 members (excludes halogenated alkanes) is 3. The monoisotopic (exact) mass is 603 g/mol. The zero-order valence-corrected chi connectivity index (χ0v) is 25.1. The highest BCUT2D eigenvalue weighted by atomic mass is 35.5. The Hall–Kier alpha value is -3.92. The van der Waals surface area contributed by atoms with Crippen LogP contribution in [0.25, 0.3) is 0 Å². The van der Waals surface area contributed by atoms with Crippen molar-refractivity contribution >= 4 is 36.1 Å². The number of pyridine rings is 1. The maximum atomic E-state index is 11.2. The van der Waals surface area contributed by atoms with Crippen LogP contribution in [-0.2, 0) is 23.9 Å². The van der Waals surface area contributed by atoms with Crippen molar-refractivity contribution in [1.29, 1.82) is 5.26 Å². The van der Waals surface area contributed by atoms with E-state index in [0.717, 1.165) is 31.4 Å². The lowest BCUT2D eigenvalue weighted by atomic mass is 10.2. The van der Waals surface area contributed by atoms with Gasteiger partial charge in [-0.2, -0.15) is 5.26 Å². The molecule has 1 aromatic carbocycles. The van der Waals surface area contributed by atoms with Gasteiger partial charge in [-0.1, -0.05) is 24.4 Å². The molecule has 2 aromatic rings. The van der Waals surface area contributed by atoms with Crippen molar-refractivity contribution in [3.8, 4) is 11.9 Å². The number of hydroxylamine groups is 2. The number of hydrogen-bond donors (Lipinski definition) is 1. The number of aliphatic imine (C=N–C) groups is 1. The maximum absolute atomic E-state index is 11.2. The van der Waals surface area contributed by atoms with Crippen LogP contribution >= 0.6 is 11.6 Å². The number of rotatable bonds is 19. The zero-order chi connectivity index (χ0) is 30.8. The highest BCUT2D eigenvalue weighted by Gasteiger charge is 2.22. The van der Waals surface area contributed by atoms with E-state index in [-0.39, 0.29) is 12.6 Å². The van der Waals surface area contributed by atoms with Gasteiger partial charge in [0.1, 0.15) is 5.75 Å². The van der Waals surface area contributed by atoms with Crippen molar-refractivity contribution in [3.05, 3.63) is 53.8 Å². The van der Waals surface area contributed by atoms with Gasteiger partial charge in [0.05, 0.1) is 31.0 Å². The number of guanidine groups is 1. The molecule has 2 rings (SSSR count). The third kappa shape index (κ3) is 13.2. The van der Waals surface area contributed by atoms with Crippen LogP contribution in [0, 0.1) is 11.5 Å². The molecule has 228 valence electrons. The number of nitrogens with two attached hydrogens (primary N) is 1. The summed E-state index contributed by atoms with van der Waals surface area (Å²) in [6.45, 7) is 7.49. The van der Waals surface area contributed by atoms with Crippen LogP contribution in [0.3, 0.4) is 0 Å². The third-order valence-corrected chi connectivity index (χ3v) is 5.91. The topological polar surface area (TPSA) is 144 Å². The molecule has 0 spiro atoms. The Kier molecular flexibility index (Phi) is 15.1. The largest absolute Gasteiger partial charge is 0.494 e. The summed E-state index contributed by atoms with van der Waals surface area (Å²) >= 11 is 5.89. The van der Waals surface area contributed by atoms with E-state index in [0.29, 0.717) is 49.7 Å². The van der Waals surface area contributed by atoms with Gasteiger partial charge in [0.2, 0.25) is 18.6 Å². The van der Waals surface area contributed by atoms with E-state index in [1.807, 2.05) is 32.9 Å². The molecule has 0 bridgehead atoms. The molecular formula is C29H40ClN6O6+. The summed E-state index contributed by atoms with van der Waals surface area (Å²) in [6, 6.07) is 10.8. The maximum Gasteiger partial charge on any atom is 0.425 e. The third-order valence-electron chi connectivity index (χ3n) is 5.65. The Bertz CT molecular complexity index is 1150. The van der Waals surface area contributed by atoms with Crippen molar-refractivity contribution in [2.24, 2.45) is 10.7 Å². The fourth-order valence-electron chi connectivity index (χ4n) is 3.80. The smallest absolute Gasteiger partial charge is 0.425 e. The average molecular weight is 604 g/mol. The van der Waals surface area contributed by atoms with Crippen molar-refractivity contribution in [2.75, 3.05) is 31.2 Å². The number of anilines is 1. The molecule has 0 saturated carbocycles. The van der Waals surface area contributed by atoms with Gasteiger partial charge in [-0.25, -0.2) is 5.06 Å². The molecule has 1 amide bonds. The molecular weight excluding hydrogens is 564 g/mol. The van der Waals surface area contributed by atoms with Gasteiger partial charge in [-0.15, -0.1) is 9.56 Å². The first-order valence-corrected chi connectivity index (χ1v) is 14.1. The lowest BCUT2D eigenvalue weighted by Crippen LogP contribution is -2.43. The zero-order valence-electron chi connectivity index (χ0n) is 24.4. The molecule has 0 radical (unpaired) electrons. The lowest BCUT2D eigenvalue weighted by molar-refractivity contribution is -0.798. The standard InChI is InChI=1S/C29H40ClN6O6/c1-29(2,3)42-35(22-37)15-8-20-40-28(41-23-38)34-17-13-25(14-18-34)36(27(32)33-21-31)16-6-4-5-7-19-39-26-11-9-24(30)10-12-26/h9-14,17-18,22-23,28H,4-8,15-16,19-20H2,1-3H3,(H2,32,33)/q+1. The number of nitrogens with zero attached hydrogens (tertiary/aromatic N) is 5. The molecule has 0 fully saturated rings. The van der Waals surface area contributed by atoms with E-state index < -0.39 is 12.0 Å². The van der Waals surface area contributed by atoms with Crippen molar-refractivity contribution in [3.63, 3.8) is 0 Å². The van der Waals surface area contributed by atoms with Gasteiger partial charge >= 0.3 is 6.41 Å². The van der Waals surface area contributed by atoms with Crippen molar-refractivity contribution < 1.29 is 33.2 Å². The fraction of sp³-hybridized carbons (Fsp3) is 0.483. The molecule has 12 nitrogen and oxygen atoms in total. The van der Waals surface area contributed by atoms with Gasteiger partial charge in [-0.3, -0.25) is 19.2 Å². The summed E-state index contributed by atoms with van der Waals surface area (Å²) in [5, 5.41) is 10.9. The summed E-state index contributed by atoms with van der Waals surface area (Å²) in [5.41, 5.74) is 6.28. The molecule has 1 unspecified atom stereocenters. The van der Waals surface area contributed by atoms with Crippen LogP contribution in [-0.4, -0.2) is 55.8 Å². The highest BCUT2D eigenvalue weighted by Crippen LogP contribution is 2.17. The van der Waals surface area contributed by atoms with E-state index in [1.165, 1.54) is 5.06 Å². The lowest BCUT2D eigenvalue weighted by Gasteiger charge is -2.26. The first-order valence-electron chi connectivity index (χ1n) is 13.7. The van der Waals surface area contributed by atoms with E-state index >= 15 is 0 Å². The van der Waals surface area contributed by atoms with Gasteiger partial charge < -0.3 is 20.1 Å². The first kappa shape index (κ1) is 34.3. The van der Waals surface area contributed by atoms with Gasteiger partial charge in [0.15, 0.2) is 12.4 Å². The molecule has 1 atom stereocenters. The fourth-order valence-corrected chi connectivity index (χ4v) is 3.93. The molecule has 42 heavy (non-hydrogen) atoms. The SMILES string of the molecule is CC(C)(C)ON(C=O)CCCOC(OC=O)[n+]1ccc(N(CCCCCCOc2ccc(Cl)cc2)C(N)=NC#N)cc1. The predicted octanol–water partition coefficient (Wildman–Crippen LogP) is 4.09. The Morgan fingerprint density at radius 2 is 1.74 bits per heavy atom. The molecule has 0 aliphatic rings. The Balaban J connectivity index is 1.88. The number of carbonyl (C=O) groups excluding carboxylic acids is 2. The number of nitriles is 1. The highest BCUT2D eigenvalue weighted by molar-refractivity contribution is 6.30. The van der Waals surface area contributed by atoms with Crippen LogP contribution in [0.1, 0.15) is 59.3 Å². The van der Waals surface area contributed by atoms with Gasteiger partial charge in [0.25, 0.3) is 6.47 Å². The van der Waals surface area contributed by atoms with Crippen LogP contribution in [0.4, 0.5) is 5.69 Å². The summed E-state index contributed by atoms with van der Waals surface area (Å²) in [6.07, 6.45) is 8.72. The molecule has 0 saturated heterocycles. The Morgan fingerprint density at radius 1 is 1.05 bits per heavy atom. The first-order chi connectivity index (χ1) is 20.2. The molecule has 0 aliphatic heterocycles. The molecule has 1 aromatic heterocycles. The minimum Gasteiger partial charge on any atom is -0.494 e. The summed E-state index contributed by atoms with van der Waals surface area (Å²) < 4.78 is 18.1. The van der Waals surface area contributed by atoms with Gasteiger partial charge in [-0.05, 0) is 64.3 Å². The van der Waals surface area contributed by atoms with E-state index in [2.05, 4.69) is 4.99 Å². The summed E-state index contributed by atoms with van der Waals surface area (Å²) in [7, 11) is 0. The normalized spacial score (nSPS) is 12.2. The number of carbonyl (C=O) groups is 2. The molecule has 2 N–H and O–H groups in total. The number of amides is 1. The van der Waals surface area contributed by atoms with Gasteiger partial charge in [0, 0.05) is 23.7 Å². The Labute approximate surface area is 252 Å². The number of ether oxygens (including phenoxy) is 3. The molecule has 13 heteroatoms. The molecule has 0 aliphatic carbocycles. The van der Waals surface area contributed by atoms with Crippen molar-refractivity contribution in [1.82, 2.24) is 5.06 Å². The van der Waals surface area contributed by atoms with E-state index in [4.69, 9.17) is 41.6 Å². The number of aromatic nitrogens is 1. The second kappa shape index (κ2) is 18.5. The Morgan fingerprint density at radius 3 is 2.36 bits per heavy atom. The van der Waals surface area contributed by atoms with Crippen LogP contribution in [0.2, 0.25) is 5.02 Å². The van der Waals surface area contributed by atoms with Crippen LogP contribution < -0.4 is 19.9 Å². The average Bonchev–Trinajstić information content (AvgIpc) is 2.96. The van der Waals surface area contributed by atoms with E-state index in [1.54, 1.807) is 52.3 Å². The predicted molar refractivity (Wildman–Crippen MR) is 157 cm³/mol. The van der Waals surface area contributed by atoms with Crippen LogP contribution in [0.15, 0.2) is 53.8 Å².